The van der Waals surface area contributed by atoms with Crippen molar-refractivity contribution in [3.05, 3.63) is 24.5 Å². The van der Waals surface area contributed by atoms with Crippen molar-refractivity contribution in [3.63, 3.8) is 0 Å². The van der Waals surface area contributed by atoms with E-state index in [9.17, 15) is 9.18 Å². The minimum atomic E-state index is -1.58. The van der Waals surface area contributed by atoms with Crippen LogP contribution in [0.4, 0.5) is 4.39 Å². The van der Waals surface area contributed by atoms with Crippen LogP contribution in [0.1, 0.15) is 19.3 Å². The molecule has 6 heteroatoms. The van der Waals surface area contributed by atoms with E-state index in [4.69, 9.17) is 9.47 Å². The van der Waals surface area contributed by atoms with Gasteiger partial charge in [0, 0.05) is 18.7 Å². The van der Waals surface area contributed by atoms with Gasteiger partial charge in [-0.3, -0.25) is 9.78 Å². The van der Waals surface area contributed by atoms with E-state index >= 15 is 0 Å². The molecule has 1 spiro atoms. The fourth-order valence-electron chi connectivity index (χ4n) is 3.35. The van der Waals surface area contributed by atoms with Gasteiger partial charge in [0.05, 0.1) is 25.9 Å². The van der Waals surface area contributed by atoms with Crippen molar-refractivity contribution in [2.75, 3.05) is 26.3 Å². The monoisotopic (exact) mass is 306 g/mol. The summed E-state index contributed by atoms with van der Waals surface area (Å²) in [4.78, 5) is 17.6. The van der Waals surface area contributed by atoms with E-state index < -0.39 is 5.67 Å². The summed E-state index contributed by atoms with van der Waals surface area (Å²) in [6.07, 6.45) is 5.02. The van der Waals surface area contributed by atoms with Gasteiger partial charge in [0.2, 0.25) is 0 Å². The molecule has 3 heterocycles. The molecule has 0 N–H and O–H groups in total. The van der Waals surface area contributed by atoms with Gasteiger partial charge in [0.1, 0.15) is 11.4 Å². The Kier molecular flexibility index (Phi) is 3.11. The third kappa shape index (κ3) is 2.26. The van der Waals surface area contributed by atoms with Gasteiger partial charge >= 0.3 is 0 Å². The molecule has 5 nitrogen and oxygen atoms in total. The number of carbonyl (C=O) groups excluding carboxylic acids is 1. The Morgan fingerprint density at radius 3 is 3.00 bits per heavy atom. The molecule has 0 aromatic carbocycles. The molecular formula is C16H19FN2O3. The molecule has 2 aliphatic heterocycles. The highest BCUT2D eigenvalue weighted by Crippen LogP contribution is 2.46. The van der Waals surface area contributed by atoms with Crippen molar-refractivity contribution in [1.29, 1.82) is 0 Å². The highest BCUT2D eigenvalue weighted by molar-refractivity contribution is 5.88. The zero-order valence-corrected chi connectivity index (χ0v) is 12.3. The number of carbonyl (C=O) groups is 1. The lowest BCUT2D eigenvalue weighted by Crippen LogP contribution is -2.68. The lowest BCUT2D eigenvalue weighted by molar-refractivity contribution is -0.172. The fraction of sp³-hybridized carbons (Fsp3) is 0.625. The molecule has 1 saturated carbocycles. The molecule has 0 radical (unpaired) electrons. The molecule has 4 rings (SSSR count). The van der Waals surface area contributed by atoms with E-state index in [0.717, 1.165) is 12.2 Å². The number of ether oxygens (including phenoxy) is 2. The summed E-state index contributed by atoms with van der Waals surface area (Å²) in [5, 5.41) is 0. The predicted octanol–water partition coefficient (Wildman–Crippen LogP) is 1.58. The van der Waals surface area contributed by atoms with E-state index in [1.54, 1.807) is 17.3 Å². The SMILES string of the molecule is O=C(N1CC2(C1)OCCC2COc1cccnc1)C1(F)CC1. The minimum Gasteiger partial charge on any atom is -0.492 e. The topological polar surface area (TPSA) is 51.7 Å². The molecule has 1 amide bonds. The smallest absolute Gasteiger partial charge is 0.260 e. The Labute approximate surface area is 128 Å². The number of alkyl halides is 1. The van der Waals surface area contributed by atoms with E-state index in [-0.39, 0.29) is 17.4 Å². The Hall–Kier alpha value is -1.69. The molecule has 22 heavy (non-hydrogen) atoms. The van der Waals surface area contributed by atoms with Gasteiger partial charge in [0.15, 0.2) is 5.67 Å². The van der Waals surface area contributed by atoms with Gasteiger partial charge in [-0.05, 0) is 31.4 Å². The average molecular weight is 306 g/mol. The van der Waals surface area contributed by atoms with Gasteiger partial charge in [-0.2, -0.15) is 0 Å². The normalized spacial score (nSPS) is 27.5. The third-order valence-corrected chi connectivity index (χ3v) is 4.96. The zero-order valence-electron chi connectivity index (χ0n) is 12.3. The van der Waals surface area contributed by atoms with Crippen LogP contribution in [0.15, 0.2) is 24.5 Å². The van der Waals surface area contributed by atoms with Crippen molar-refractivity contribution in [2.45, 2.75) is 30.5 Å². The molecule has 118 valence electrons. The van der Waals surface area contributed by atoms with Crippen molar-refractivity contribution in [2.24, 2.45) is 5.92 Å². The number of likely N-dealkylation sites (tertiary alicyclic amines) is 1. The van der Waals surface area contributed by atoms with Gasteiger partial charge < -0.3 is 14.4 Å². The molecule has 1 aromatic rings. The zero-order chi connectivity index (χ0) is 15.2. The largest absolute Gasteiger partial charge is 0.492 e. The molecule has 3 fully saturated rings. The summed E-state index contributed by atoms with van der Waals surface area (Å²) < 4.78 is 25.5. The van der Waals surface area contributed by atoms with Crippen LogP contribution in [0.2, 0.25) is 0 Å². The number of rotatable bonds is 4. The van der Waals surface area contributed by atoms with Crippen LogP contribution >= 0.6 is 0 Å². The van der Waals surface area contributed by atoms with Crippen LogP contribution in [-0.2, 0) is 9.53 Å². The van der Waals surface area contributed by atoms with Crippen LogP contribution in [-0.4, -0.2) is 53.4 Å². The van der Waals surface area contributed by atoms with Crippen LogP contribution in [0.3, 0.4) is 0 Å². The second-order valence-corrected chi connectivity index (χ2v) is 6.53. The maximum atomic E-state index is 13.8. The van der Waals surface area contributed by atoms with Crippen LogP contribution < -0.4 is 4.74 Å². The molecule has 1 aromatic heterocycles. The average Bonchev–Trinajstić information content (AvgIpc) is 3.11. The van der Waals surface area contributed by atoms with Gasteiger partial charge in [-0.1, -0.05) is 0 Å². The standard InChI is InChI=1S/C16H19FN2O3/c17-15(4-5-15)14(20)19-10-16(11-19)12(3-7-22-16)9-21-13-2-1-6-18-8-13/h1-2,6,8,12H,3-5,7,9-11H2. The second-order valence-electron chi connectivity index (χ2n) is 6.53. The van der Waals surface area contributed by atoms with Crippen LogP contribution in [0.5, 0.6) is 5.75 Å². The number of aromatic nitrogens is 1. The summed E-state index contributed by atoms with van der Waals surface area (Å²) in [6, 6.07) is 3.70. The first-order valence-electron chi connectivity index (χ1n) is 7.76. The number of amides is 1. The maximum Gasteiger partial charge on any atom is 0.260 e. The van der Waals surface area contributed by atoms with Crippen LogP contribution in [0.25, 0.3) is 0 Å². The number of halogens is 1. The quantitative estimate of drug-likeness (QED) is 0.847. The Morgan fingerprint density at radius 2 is 2.32 bits per heavy atom. The number of pyridine rings is 1. The van der Waals surface area contributed by atoms with Crippen LogP contribution in [0, 0.1) is 5.92 Å². The fourth-order valence-corrected chi connectivity index (χ4v) is 3.35. The maximum absolute atomic E-state index is 13.8. The Morgan fingerprint density at radius 1 is 1.50 bits per heavy atom. The first kappa shape index (κ1) is 13.9. The minimum absolute atomic E-state index is 0.228. The van der Waals surface area contributed by atoms with Gasteiger partial charge in [-0.15, -0.1) is 0 Å². The molecule has 1 atom stereocenters. The lowest BCUT2D eigenvalue weighted by atomic mass is 9.81. The summed E-state index contributed by atoms with van der Waals surface area (Å²) in [5.74, 6) is 0.601. The summed E-state index contributed by atoms with van der Waals surface area (Å²) in [5.41, 5.74) is -1.93. The van der Waals surface area contributed by atoms with E-state index in [1.165, 1.54) is 0 Å². The number of hydrogen-bond donors (Lipinski definition) is 0. The van der Waals surface area contributed by atoms with E-state index in [2.05, 4.69) is 4.98 Å². The number of hydrogen-bond acceptors (Lipinski definition) is 4. The summed E-state index contributed by atoms with van der Waals surface area (Å²) in [7, 11) is 0. The van der Waals surface area contributed by atoms with Gasteiger partial charge in [-0.25, -0.2) is 4.39 Å². The molecule has 1 unspecified atom stereocenters. The first-order valence-corrected chi connectivity index (χ1v) is 7.76. The molecule has 2 saturated heterocycles. The Balaban J connectivity index is 1.35. The van der Waals surface area contributed by atoms with Crippen molar-refractivity contribution in [1.82, 2.24) is 9.88 Å². The van der Waals surface area contributed by atoms with E-state index in [0.29, 0.717) is 39.1 Å². The van der Waals surface area contributed by atoms with Crippen molar-refractivity contribution >= 4 is 5.91 Å². The van der Waals surface area contributed by atoms with Crippen molar-refractivity contribution < 1.29 is 18.7 Å². The van der Waals surface area contributed by atoms with Crippen molar-refractivity contribution in [3.8, 4) is 5.75 Å². The summed E-state index contributed by atoms with van der Waals surface area (Å²) >= 11 is 0. The second kappa shape index (κ2) is 4.91. The number of nitrogens with zero attached hydrogens (tertiary/aromatic N) is 2. The molecule has 1 aliphatic carbocycles. The Bertz CT molecular complexity index is 570. The molecular weight excluding hydrogens is 287 g/mol. The third-order valence-electron chi connectivity index (χ3n) is 4.96. The first-order chi connectivity index (χ1) is 10.6. The molecule has 0 bridgehead atoms. The highest BCUT2D eigenvalue weighted by atomic mass is 19.1. The highest BCUT2D eigenvalue weighted by Gasteiger charge is 2.60. The predicted molar refractivity (Wildman–Crippen MR) is 76.2 cm³/mol. The molecule has 3 aliphatic rings. The summed E-state index contributed by atoms with van der Waals surface area (Å²) in [6.45, 7) is 2.18. The van der Waals surface area contributed by atoms with E-state index in [1.807, 2.05) is 12.1 Å². The van der Waals surface area contributed by atoms with Gasteiger partial charge in [0.25, 0.3) is 5.91 Å². The lowest BCUT2D eigenvalue weighted by Gasteiger charge is -2.50.